The highest BCUT2D eigenvalue weighted by Gasteiger charge is 2.12. The van der Waals surface area contributed by atoms with E-state index in [-0.39, 0.29) is 17.1 Å². The van der Waals surface area contributed by atoms with Gasteiger partial charge >= 0.3 is 0 Å². The number of aryl methyl sites for hydroxylation is 1. The van der Waals surface area contributed by atoms with Gasteiger partial charge in [0.1, 0.15) is 11.4 Å². The molecular formula is C12H13N3O4. The number of hydrogen-bond donors (Lipinski definition) is 2. The molecule has 100 valence electrons. The molecule has 2 rings (SSSR count). The number of imidazole rings is 1. The fraction of sp³-hybridized carbons (Fsp3) is 0.167. The highest BCUT2D eigenvalue weighted by Crippen LogP contribution is 2.28. The second kappa shape index (κ2) is 5.40. The molecule has 2 aromatic rings. The minimum atomic E-state index is -0.425. The summed E-state index contributed by atoms with van der Waals surface area (Å²) in [4.78, 5) is 25.1. The van der Waals surface area contributed by atoms with Crippen LogP contribution in [0.25, 0.3) is 0 Å². The van der Waals surface area contributed by atoms with Crippen LogP contribution < -0.4 is 10.2 Å². The van der Waals surface area contributed by atoms with E-state index in [0.717, 1.165) is 0 Å². The number of benzene rings is 1. The molecular weight excluding hydrogens is 250 g/mol. The first-order valence-electron chi connectivity index (χ1n) is 5.43. The third-order valence-corrected chi connectivity index (χ3v) is 2.33. The Hall–Kier alpha value is -2.54. The summed E-state index contributed by atoms with van der Waals surface area (Å²) in [6.07, 6.45) is 3.08. The van der Waals surface area contributed by atoms with Crippen molar-refractivity contribution >= 4 is 11.6 Å². The van der Waals surface area contributed by atoms with Gasteiger partial charge in [-0.1, -0.05) is 0 Å². The van der Waals surface area contributed by atoms with Crippen molar-refractivity contribution in [2.75, 3.05) is 12.4 Å². The number of aromatic nitrogens is 2. The molecule has 0 aliphatic rings. The number of nitrogens with one attached hydrogen (secondary N) is 1. The van der Waals surface area contributed by atoms with Crippen molar-refractivity contribution in [3.05, 3.63) is 36.4 Å². The van der Waals surface area contributed by atoms with Crippen LogP contribution in [0.5, 0.6) is 11.5 Å². The van der Waals surface area contributed by atoms with Gasteiger partial charge in [0.25, 0.3) is 5.91 Å². The van der Waals surface area contributed by atoms with Gasteiger partial charge in [0.2, 0.25) is 0 Å². The first-order chi connectivity index (χ1) is 9.10. The number of hydrogen-bond acceptors (Lipinski definition) is 5. The summed E-state index contributed by atoms with van der Waals surface area (Å²) in [6, 6.07) is 4.34. The minimum Gasteiger partial charge on any atom is -0.506 e. The van der Waals surface area contributed by atoms with Crippen molar-refractivity contribution in [3.8, 4) is 11.5 Å². The van der Waals surface area contributed by atoms with Crippen LogP contribution in [0.3, 0.4) is 0 Å². The smallest absolute Gasteiger partial charge is 0.275 e. The summed E-state index contributed by atoms with van der Waals surface area (Å²) in [6.45, 7) is 0. The minimum absolute atomic E-state index is 0.0762. The van der Waals surface area contributed by atoms with Crippen molar-refractivity contribution in [3.63, 3.8) is 0 Å². The number of rotatable bonds is 4. The summed E-state index contributed by atoms with van der Waals surface area (Å²) in [5.41, 5.74) is 0.463. The molecule has 0 saturated carbocycles. The molecule has 0 radical (unpaired) electrons. The summed E-state index contributed by atoms with van der Waals surface area (Å²) in [5.74, 6) is -0.144. The molecule has 0 fully saturated rings. The quantitative estimate of drug-likeness (QED) is 0.493. The van der Waals surface area contributed by atoms with E-state index in [9.17, 15) is 9.90 Å². The molecule has 1 amide bonds. The van der Waals surface area contributed by atoms with Gasteiger partial charge in [-0.25, -0.2) is 4.98 Å². The lowest BCUT2D eigenvalue weighted by atomic mass is 10.2. The second-order valence-electron chi connectivity index (χ2n) is 3.81. The lowest BCUT2D eigenvalue weighted by molar-refractivity contribution is -0.178. The topological polar surface area (TPSA) is 85.6 Å². The maximum atomic E-state index is 11.9. The fourth-order valence-corrected chi connectivity index (χ4v) is 1.48. The van der Waals surface area contributed by atoms with E-state index in [4.69, 9.17) is 4.89 Å². The number of phenolic OH excluding ortho intramolecular Hbond substituents is 1. The molecule has 1 heterocycles. The van der Waals surface area contributed by atoms with Crippen LogP contribution >= 0.6 is 0 Å². The zero-order valence-electron chi connectivity index (χ0n) is 10.5. The molecule has 7 nitrogen and oxygen atoms in total. The molecule has 0 aliphatic carbocycles. The zero-order chi connectivity index (χ0) is 13.8. The van der Waals surface area contributed by atoms with Gasteiger partial charge in [0.15, 0.2) is 5.75 Å². The predicted molar refractivity (Wildman–Crippen MR) is 66.9 cm³/mol. The average molecular weight is 263 g/mol. The summed E-state index contributed by atoms with van der Waals surface area (Å²) >= 11 is 0. The molecule has 19 heavy (non-hydrogen) atoms. The first-order valence-corrected chi connectivity index (χ1v) is 5.43. The van der Waals surface area contributed by atoms with Crippen molar-refractivity contribution < 1.29 is 19.7 Å². The lowest BCUT2D eigenvalue weighted by Gasteiger charge is -2.08. The monoisotopic (exact) mass is 263 g/mol. The van der Waals surface area contributed by atoms with Gasteiger partial charge in [0, 0.05) is 19.3 Å². The molecule has 0 aliphatic heterocycles. The van der Waals surface area contributed by atoms with Crippen molar-refractivity contribution in [2.24, 2.45) is 7.05 Å². The molecule has 0 saturated heterocycles. The number of aromatic hydroxyl groups is 1. The van der Waals surface area contributed by atoms with Crippen LogP contribution in [0.4, 0.5) is 5.69 Å². The highest BCUT2D eigenvalue weighted by atomic mass is 17.2. The van der Waals surface area contributed by atoms with Gasteiger partial charge < -0.3 is 19.9 Å². The van der Waals surface area contributed by atoms with E-state index in [1.807, 2.05) is 0 Å². The summed E-state index contributed by atoms with van der Waals surface area (Å²) in [7, 11) is 3.12. The van der Waals surface area contributed by atoms with Crippen LogP contribution in [0, 0.1) is 0 Å². The molecule has 7 heteroatoms. The van der Waals surface area contributed by atoms with E-state index >= 15 is 0 Å². The van der Waals surface area contributed by atoms with Gasteiger partial charge in [-0.15, -0.1) is 0 Å². The zero-order valence-corrected chi connectivity index (χ0v) is 10.5. The third-order valence-electron chi connectivity index (χ3n) is 2.33. The van der Waals surface area contributed by atoms with Crippen LogP contribution in [0.15, 0.2) is 30.7 Å². The summed E-state index contributed by atoms with van der Waals surface area (Å²) < 4.78 is 1.65. The Labute approximate surface area is 109 Å². The van der Waals surface area contributed by atoms with E-state index in [1.54, 1.807) is 17.8 Å². The largest absolute Gasteiger partial charge is 0.506 e. The lowest BCUT2D eigenvalue weighted by Crippen LogP contribution is -2.12. The van der Waals surface area contributed by atoms with E-state index in [1.165, 1.54) is 31.6 Å². The summed E-state index contributed by atoms with van der Waals surface area (Å²) in [5, 5.41) is 12.2. The van der Waals surface area contributed by atoms with Crippen molar-refractivity contribution in [1.29, 1.82) is 0 Å². The van der Waals surface area contributed by atoms with Gasteiger partial charge in [-0.3, -0.25) is 4.79 Å². The van der Waals surface area contributed by atoms with E-state index < -0.39 is 5.91 Å². The maximum Gasteiger partial charge on any atom is 0.275 e. The van der Waals surface area contributed by atoms with Crippen LogP contribution in [-0.2, 0) is 11.9 Å². The van der Waals surface area contributed by atoms with Crippen LogP contribution in [-0.4, -0.2) is 27.7 Å². The number of carbonyl (C=O) groups excluding carboxylic acids is 1. The van der Waals surface area contributed by atoms with Crippen LogP contribution in [0.1, 0.15) is 10.5 Å². The molecule has 1 aromatic carbocycles. The Bertz CT molecular complexity index is 594. The number of amides is 1. The number of carbonyl (C=O) groups is 1. The third kappa shape index (κ3) is 3.02. The Morgan fingerprint density at radius 2 is 2.26 bits per heavy atom. The first kappa shape index (κ1) is 12.9. The van der Waals surface area contributed by atoms with Gasteiger partial charge in [-0.2, -0.15) is 4.89 Å². The Balaban J connectivity index is 2.18. The molecule has 0 unspecified atom stereocenters. The highest BCUT2D eigenvalue weighted by molar-refractivity contribution is 6.03. The fourth-order valence-electron chi connectivity index (χ4n) is 1.48. The van der Waals surface area contributed by atoms with E-state index in [0.29, 0.717) is 5.75 Å². The Morgan fingerprint density at radius 3 is 2.89 bits per heavy atom. The van der Waals surface area contributed by atoms with Crippen molar-refractivity contribution in [1.82, 2.24) is 9.55 Å². The standard InChI is InChI=1S/C12H13N3O4/c1-15-6-10(13-7-15)12(17)14-9-5-8(19-18-2)3-4-11(9)16/h3-7,16H,1-2H3,(H,14,17). The Morgan fingerprint density at radius 1 is 1.47 bits per heavy atom. The molecule has 0 atom stereocenters. The number of nitrogens with zero attached hydrogens (tertiary/aromatic N) is 2. The molecule has 2 N–H and O–H groups in total. The van der Waals surface area contributed by atoms with Crippen molar-refractivity contribution in [2.45, 2.75) is 0 Å². The normalized spacial score (nSPS) is 10.2. The SMILES string of the molecule is COOc1ccc(O)c(NC(=O)c2cn(C)cn2)c1. The Kier molecular flexibility index (Phi) is 3.67. The average Bonchev–Trinajstić information content (AvgIpc) is 2.80. The van der Waals surface area contributed by atoms with Crippen LogP contribution in [0.2, 0.25) is 0 Å². The molecule has 0 bridgehead atoms. The molecule has 0 spiro atoms. The number of phenols is 1. The van der Waals surface area contributed by atoms with Gasteiger partial charge in [-0.05, 0) is 12.1 Å². The predicted octanol–water partition coefficient (Wildman–Crippen LogP) is 1.32. The van der Waals surface area contributed by atoms with E-state index in [2.05, 4.69) is 15.2 Å². The molecule has 1 aromatic heterocycles. The number of anilines is 1. The maximum absolute atomic E-state index is 11.9. The second-order valence-corrected chi connectivity index (χ2v) is 3.81. The van der Waals surface area contributed by atoms with Gasteiger partial charge in [0.05, 0.1) is 19.1 Å².